The molecule has 17 heavy (non-hydrogen) atoms. The van der Waals surface area contributed by atoms with Gasteiger partial charge in [0.25, 0.3) is 0 Å². The van der Waals surface area contributed by atoms with Crippen LogP contribution in [0.4, 0.5) is 5.69 Å². The molecule has 0 aliphatic carbocycles. The van der Waals surface area contributed by atoms with Crippen molar-refractivity contribution in [1.29, 1.82) is 0 Å². The van der Waals surface area contributed by atoms with Gasteiger partial charge in [-0.1, -0.05) is 18.2 Å². The van der Waals surface area contributed by atoms with Gasteiger partial charge in [-0.3, -0.25) is 4.79 Å². The number of benzene rings is 1. The number of hydrogen-bond donors (Lipinski definition) is 2. The molecule has 1 aliphatic rings. The van der Waals surface area contributed by atoms with Gasteiger partial charge in [0.05, 0.1) is 5.92 Å². The van der Waals surface area contributed by atoms with Gasteiger partial charge < -0.3 is 15.3 Å². The molecule has 4 heteroatoms. The predicted molar refractivity (Wildman–Crippen MR) is 67.4 cm³/mol. The molecule has 0 saturated carbocycles. The summed E-state index contributed by atoms with van der Waals surface area (Å²) in [6.45, 7) is 4.88. The van der Waals surface area contributed by atoms with Gasteiger partial charge >= 0.3 is 5.97 Å². The van der Waals surface area contributed by atoms with Crippen LogP contribution < -0.4 is 10.2 Å². The number of nitrogens with one attached hydrogen (secondary N) is 1. The molecule has 4 nitrogen and oxygen atoms in total. The van der Waals surface area contributed by atoms with Gasteiger partial charge in [-0.25, -0.2) is 0 Å². The molecule has 0 spiro atoms. The molecule has 1 heterocycles. The number of nitrogens with zero attached hydrogens (tertiary/aromatic N) is 1. The highest BCUT2D eigenvalue weighted by atomic mass is 16.4. The summed E-state index contributed by atoms with van der Waals surface area (Å²) in [5.74, 6) is -1.06. The Morgan fingerprint density at radius 2 is 2.24 bits per heavy atom. The molecule has 1 atom stereocenters. The van der Waals surface area contributed by atoms with Gasteiger partial charge in [-0.2, -0.15) is 0 Å². The van der Waals surface area contributed by atoms with E-state index >= 15 is 0 Å². The third-order valence-corrected chi connectivity index (χ3v) is 3.20. The lowest BCUT2D eigenvalue weighted by Crippen LogP contribution is -2.34. The summed E-state index contributed by atoms with van der Waals surface area (Å²) >= 11 is 0. The van der Waals surface area contributed by atoms with Crippen molar-refractivity contribution in [2.24, 2.45) is 5.92 Å². The normalized spacial score (nSPS) is 21.0. The maximum Gasteiger partial charge on any atom is 0.309 e. The van der Waals surface area contributed by atoms with E-state index in [0.717, 1.165) is 18.8 Å². The lowest BCUT2D eigenvalue weighted by molar-refractivity contribution is -0.141. The number of para-hydroxylation sites is 1. The van der Waals surface area contributed by atoms with Crippen molar-refractivity contribution in [3.05, 3.63) is 29.8 Å². The molecule has 1 aromatic rings. The minimum absolute atomic E-state index is 0.336. The monoisotopic (exact) mass is 234 g/mol. The summed E-state index contributed by atoms with van der Waals surface area (Å²) in [5, 5.41) is 12.3. The zero-order valence-corrected chi connectivity index (χ0v) is 10.0. The van der Waals surface area contributed by atoms with Crippen LogP contribution in [0, 0.1) is 12.8 Å². The van der Waals surface area contributed by atoms with Crippen LogP contribution in [0.25, 0.3) is 0 Å². The Labute approximate surface area is 101 Å². The summed E-state index contributed by atoms with van der Waals surface area (Å²) in [6, 6.07) is 8.11. The Morgan fingerprint density at radius 3 is 2.94 bits per heavy atom. The molecule has 92 valence electrons. The van der Waals surface area contributed by atoms with Crippen LogP contribution in [0.5, 0.6) is 0 Å². The molecule has 1 unspecified atom stereocenters. The molecule has 0 radical (unpaired) electrons. The van der Waals surface area contributed by atoms with Crippen molar-refractivity contribution in [3.8, 4) is 0 Å². The third kappa shape index (κ3) is 2.77. The second kappa shape index (κ2) is 5.19. The summed E-state index contributed by atoms with van der Waals surface area (Å²) < 4.78 is 0. The third-order valence-electron chi connectivity index (χ3n) is 3.20. The van der Waals surface area contributed by atoms with Crippen LogP contribution >= 0.6 is 0 Å². The molecule has 1 saturated heterocycles. The van der Waals surface area contributed by atoms with E-state index in [1.54, 1.807) is 0 Å². The summed E-state index contributed by atoms with van der Waals surface area (Å²) in [7, 11) is 0. The van der Waals surface area contributed by atoms with Gasteiger partial charge in [-0.05, 0) is 18.6 Å². The van der Waals surface area contributed by atoms with E-state index in [-0.39, 0.29) is 5.92 Å². The summed E-state index contributed by atoms with van der Waals surface area (Å²) in [4.78, 5) is 13.3. The topological polar surface area (TPSA) is 52.6 Å². The summed E-state index contributed by atoms with van der Waals surface area (Å²) in [6.07, 6.45) is 0. The average molecular weight is 234 g/mol. The number of carboxylic acid groups (broad SMARTS) is 1. The Morgan fingerprint density at radius 1 is 1.47 bits per heavy atom. The first kappa shape index (κ1) is 11.9. The lowest BCUT2D eigenvalue weighted by Gasteiger charge is -2.26. The second-order valence-electron chi connectivity index (χ2n) is 4.47. The highest BCUT2D eigenvalue weighted by molar-refractivity contribution is 5.71. The zero-order chi connectivity index (χ0) is 12.3. The first-order valence-electron chi connectivity index (χ1n) is 5.92. The summed E-state index contributed by atoms with van der Waals surface area (Å²) in [5.41, 5.74) is 2.33. The van der Waals surface area contributed by atoms with Crippen LogP contribution in [0.1, 0.15) is 5.56 Å². The van der Waals surface area contributed by atoms with E-state index in [4.69, 9.17) is 5.11 Å². The van der Waals surface area contributed by atoms with Crippen molar-refractivity contribution in [3.63, 3.8) is 0 Å². The first-order valence-corrected chi connectivity index (χ1v) is 5.92. The van der Waals surface area contributed by atoms with Gasteiger partial charge in [0.1, 0.15) is 0 Å². The van der Waals surface area contributed by atoms with E-state index in [2.05, 4.69) is 29.3 Å². The maximum absolute atomic E-state index is 11.1. The predicted octanol–water partition coefficient (Wildman–Crippen LogP) is 1.11. The van der Waals surface area contributed by atoms with Crippen LogP contribution in [0.15, 0.2) is 24.3 Å². The van der Waals surface area contributed by atoms with Crippen molar-refractivity contribution in [2.45, 2.75) is 6.92 Å². The molecule has 1 aromatic carbocycles. The quantitative estimate of drug-likeness (QED) is 0.804. The number of carbonyl (C=O) groups is 1. The van der Waals surface area contributed by atoms with E-state index in [0.29, 0.717) is 13.1 Å². The Balaban J connectivity index is 2.19. The molecule has 0 amide bonds. The van der Waals surface area contributed by atoms with E-state index in [1.165, 1.54) is 5.56 Å². The second-order valence-corrected chi connectivity index (χ2v) is 4.47. The number of aliphatic carboxylic acids is 1. The number of carboxylic acids is 1. The fraction of sp³-hybridized carbons (Fsp3) is 0.462. The number of anilines is 1. The molecule has 0 aromatic heterocycles. The highest BCUT2D eigenvalue weighted by Gasteiger charge is 2.24. The molecular formula is C13H18N2O2. The smallest absolute Gasteiger partial charge is 0.309 e. The molecule has 1 aliphatic heterocycles. The molecule has 0 bridgehead atoms. The van der Waals surface area contributed by atoms with Crippen LogP contribution in [0.2, 0.25) is 0 Å². The lowest BCUT2D eigenvalue weighted by atomic mass is 10.1. The van der Waals surface area contributed by atoms with Gasteiger partial charge in [0, 0.05) is 31.9 Å². The Hall–Kier alpha value is -1.55. The number of hydrogen-bond acceptors (Lipinski definition) is 3. The SMILES string of the molecule is Cc1ccccc1N1CCNCC(C(=O)O)C1. The van der Waals surface area contributed by atoms with Gasteiger partial charge in [-0.15, -0.1) is 0 Å². The molecule has 1 fully saturated rings. The van der Waals surface area contributed by atoms with Crippen LogP contribution in [-0.2, 0) is 4.79 Å². The Kier molecular flexibility index (Phi) is 3.64. The van der Waals surface area contributed by atoms with E-state index in [9.17, 15) is 4.79 Å². The number of aryl methyl sites for hydroxylation is 1. The van der Waals surface area contributed by atoms with Crippen molar-refractivity contribution >= 4 is 11.7 Å². The van der Waals surface area contributed by atoms with Gasteiger partial charge in [0.2, 0.25) is 0 Å². The van der Waals surface area contributed by atoms with Crippen LogP contribution in [-0.4, -0.2) is 37.3 Å². The maximum atomic E-state index is 11.1. The molecule has 2 N–H and O–H groups in total. The average Bonchev–Trinajstić information content (AvgIpc) is 2.55. The fourth-order valence-electron chi connectivity index (χ4n) is 2.21. The zero-order valence-electron chi connectivity index (χ0n) is 10.0. The van der Waals surface area contributed by atoms with Crippen molar-refractivity contribution < 1.29 is 9.90 Å². The molecule has 2 rings (SSSR count). The Bertz CT molecular complexity index is 406. The standard InChI is InChI=1S/C13H18N2O2/c1-10-4-2-3-5-12(10)15-7-6-14-8-11(9-15)13(16)17/h2-5,11,14H,6-9H2,1H3,(H,16,17). The van der Waals surface area contributed by atoms with Crippen molar-refractivity contribution in [1.82, 2.24) is 5.32 Å². The van der Waals surface area contributed by atoms with Crippen molar-refractivity contribution in [2.75, 3.05) is 31.1 Å². The largest absolute Gasteiger partial charge is 0.481 e. The van der Waals surface area contributed by atoms with E-state index in [1.807, 2.05) is 12.1 Å². The minimum atomic E-state index is -0.724. The van der Waals surface area contributed by atoms with Crippen LogP contribution in [0.3, 0.4) is 0 Å². The fourth-order valence-corrected chi connectivity index (χ4v) is 2.21. The van der Waals surface area contributed by atoms with Gasteiger partial charge in [0.15, 0.2) is 0 Å². The highest BCUT2D eigenvalue weighted by Crippen LogP contribution is 2.21. The minimum Gasteiger partial charge on any atom is -0.481 e. The number of rotatable bonds is 2. The molecular weight excluding hydrogens is 216 g/mol. The first-order chi connectivity index (χ1) is 8.18. The van der Waals surface area contributed by atoms with E-state index < -0.39 is 5.97 Å².